The summed E-state index contributed by atoms with van der Waals surface area (Å²) < 4.78 is 1.97. The van der Waals surface area contributed by atoms with E-state index in [2.05, 4.69) is 10.6 Å². The van der Waals surface area contributed by atoms with E-state index in [0.717, 1.165) is 4.90 Å². The number of pyridine rings is 1. The minimum atomic E-state index is -1.18. The van der Waals surface area contributed by atoms with Crippen LogP contribution in [-0.2, 0) is 19.2 Å². The number of aliphatic carboxylic acids is 2. The molecule has 2 aromatic rings. The fraction of sp³-hybridized carbons (Fsp3) is 0.346. The van der Waals surface area contributed by atoms with Crippen LogP contribution in [0.5, 0.6) is 0 Å². The number of carbonyl (C=O) groups excluding carboxylic acids is 2. The predicted octanol–water partition coefficient (Wildman–Crippen LogP) is 2.89. The van der Waals surface area contributed by atoms with E-state index in [1.54, 1.807) is 18.2 Å². The van der Waals surface area contributed by atoms with Crippen molar-refractivity contribution in [3.8, 4) is 0 Å². The normalized spacial score (nSPS) is 23.7. The quantitative estimate of drug-likeness (QED) is 0.172. The third-order valence-electron chi connectivity index (χ3n) is 6.88. The van der Waals surface area contributed by atoms with E-state index in [1.807, 2.05) is 29.1 Å². The van der Waals surface area contributed by atoms with E-state index >= 15 is 0 Å². The van der Waals surface area contributed by atoms with E-state index in [-0.39, 0.29) is 23.4 Å². The van der Waals surface area contributed by atoms with E-state index in [9.17, 15) is 29.4 Å². The molecule has 2 amide bonds. The summed E-state index contributed by atoms with van der Waals surface area (Å²) in [6, 6.07) is 7.46. The molecule has 216 valence electrons. The maximum atomic E-state index is 13.0. The predicted molar refractivity (Wildman–Crippen MR) is 157 cm³/mol. The van der Waals surface area contributed by atoms with Crippen LogP contribution in [0.25, 0.3) is 0 Å². The van der Waals surface area contributed by atoms with Crippen LogP contribution >= 0.6 is 58.5 Å². The van der Waals surface area contributed by atoms with Gasteiger partial charge in [0.1, 0.15) is 23.2 Å². The number of aromatic nitrogens is 1. The maximum absolute atomic E-state index is 13.0. The highest BCUT2D eigenvalue weighted by Gasteiger charge is 2.54. The van der Waals surface area contributed by atoms with Crippen molar-refractivity contribution in [2.24, 2.45) is 0 Å². The molecule has 2 fully saturated rings. The third kappa shape index (κ3) is 6.65. The zero-order chi connectivity index (χ0) is 29.3. The molecule has 4 N–H and O–H groups in total. The average Bonchev–Trinajstić information content (AvgIpc) is 3.46. The molecule has 15 heteroatoms. The molecule has 4 heterocycles. The molecule has 4 atom stereocenters. The number of carbonyl (C=O) groups is 4. The molecule has 0 radical (unpaired) electrons. The number of benzene rings is 1. The summed E-state index contributed by atoms with van der Waals surface area (Å²) in [5.41, 5.74) is 0.605. The van der Waals surface area contributed by atoms with Crippen LogP contribution in [0.4, 0.5) is 0 Å². The summed E-state index contributed by atoms with van der Waals surface area (Å²) in [6.07, 6.45) is 4.28. The van der Waals surface area contributed by atoms with Crippen LogP contribution in [-0.4, -0.2) is 80.1 Å². The number of hydrogen-bond donors (Lipinski definition) is 4. The molecule has 0 saturated carbocycles. The number of carboxylic acid groups (broad SMARTS) is 2. The van der Waals surface area contributed by atoms with Crippen LogP contribution in [0, 0.1) is 0 Å². The van der Waals surface area contributed by atoms with Crippen LogP contribution in [0.3, 0.4) is 0 Å². The summed E-state index contributed by atoms with van der Waals surface area (Å²) in [7, 11) is 0. The van der Waals surface area contributed by atoms with E-state index in [0.29, 0.717) is 45.0 Å². The first-order valence-corrected chi connectivity index (χ1v) is 16.3. The Labute approximate surface area is 258 Å². The Bertz CT molecular complexity index is 1430. The summed E-state index contributed by atoms with van der Waals surface area (Å²) >= 11 is 16.2. The molecular weight excluding hydrogens is 631 g/mol. The number of thioether (sulfide) groups is 3. The number of carboxylic acids is 2. The maximum Gasteiger partial charge on any atom is 0.352 e. The van der Waals surface area contributed by atoms with E-state index in [1.165, 1.54) is 40.2 Å². The second-order valence-electron chi connectivity index (χ2n) is 9.53. The highest BCUT2D eigenvalue weighted by molar-refractivity contribution is 8.01. The average molecular weight is 657 g/mol. The van der Waals surface area contributed by atoms with Crippen molar-refractivity contribution in [1.82, 2.24) is 15.5 Å². The van der Waals surface area contributed by atoms with Crippen molar-refractivity contribution in [3.63, 3.8) is 0 Å². The van der Waals surface area contributed by atoms with Gasteiger partial charge in [-0.2, -0.15) is 0 Å². The molecular formula is C26H25Cl2N4O6S3+. The van der Waals surface area contributed by atoms with E-state index < -0.39 is 35.3 Å². The fourth-order valence-corrected chi connectivity index (χ4v) is 8.48. The number of hydrogen-bond acceptors (Lipinski definition) is 8. The standard InChI is InChI=1S/C26H24Cl2N4O6S3/c27-14-1-2-17(28)19(7-14)40-12-20(33)30-21-23(34)32-22(26(37)38)13(11-41-24(21)32)10-39-16-3-5-31(6-4-16)15-8-18(25(35)36)29-9-15/h1-7,15,18,21,24,29H,8-12H2,(H2-,30,33,35,36,37,38)/p+1/t15-,18-,21+,24+/m0/s1. The minimum absolute atomic E-state index is 0.0270. The van der Waals surface area contributed by atoms with Gasteiger partial charge in [0, 0.05) is 44.9 Å². The molecule has 0 unspecified atom stereocenters. The first kappa shape index (κ1) is 30.1. The van der Waals surface area contributed by atoms with Gasteiger partial charge in [-0.1, -0.05) is 23.2 Å². The zero-order valence-corrected chi connectivity index (χ0v) is 25.3. The molecule has 1 aromatic heterocycles. The molecule has 0 bridgehead atoms. The fourth-order valence-electron chi connectivity index (χ4n) is 4.81. The van der Waals surface area contributed by atoms with Gasteiger partial charge in [-0.3, -0.25) is 24.6 Å². The number of nitrogens with zero attached hydrogens (tertiary/aromatic N) is 2. The van der Waals surface area contributed by atoms with Crippen molar-refractivity contribution in [2.75, 3.05) is 23.8 Å². The van der Waals surface area contributed by atoms with Gasteiger partial charge in [-0.25, -0.2) is 9.36 Å². The Morgan fingerprint density at radius 2 is 1.90 bits per heavy atom. The summed E-state index contributed by atoms with van der Waals surface area (Å²) in [6.45, 7) is 0.571. The van der Waals surface area contributed by atoms with Gasteiger partial charge in [-0.05, 0) is 23.8 Å². The summed E-state index contributed by atoms with van der Waals surface area (Å²) in [5, 5.41) is 25.3. The lowest BCUT2D eigenvalue weighted by molar-refractivity contribution is -0.719. The first-order valence-electron chi connectivity index (χ1n) is 12.5. The van der Waals surface area contributed by atoms with Crippen molar-refractivity contribution in [1.29, 1.82) is 0 Å². The number of β-lactam (4-membered cyclic amide) rings is 1. The van der Waals surface area contributed by atoms with Gasteiger partial charge in [0.05, 0.1) is 17.3 Å². The lowest BCUT2D eigenvalue weighted by Gasteiger charge is -2.49. The van der Waals surface area contributed by atoms with Crippen LogP contribution in [0.15, 0.2) is 63.8 Å². The monoisotopic (exact) mass is 655 g/mol. The first-order chi connectivity index (χ1) is 19.6. The van der Waals surface area contributed by atoms with E-state index in [4.69, 9.17) is 23.2 Å². The van der Waals surface area contributed by atoms with Gasteiger partial charge >= 0.3 is 11.9 Å². The van der Waals surface area contributed by atoms with Crippen LogP contribution in [0.2, 0.25) is 10.0 Å². The van der Waals surface area contributed by atoms with Gasteiger partial charge in [0.15, 0.2) is 18.4 Å². The Morgan fingerprint density at radius 3 is 2.59 bits per heavy atom. The number of amides is 2. The highest BCUT2D eigenvalue weighted by atomic mass is 35.5. The second-order valence-corrected chi connectivity index (χ2v) is 13.5. The Morgan fingerprint density at radius 1 is 1.15 bits per heavy atom. The van der Waals surface area contributed by atoms with Crippen molar-refractivity contribution in [2.45, 2.75) is 39.7 Å². The number of halogens is 2. The molecule has 1 aromatic carbocycles. The Hall–Kier alpha value is -2.42. The van der Waals surface area contributed by atoms with Gasteiger partial charge in [-0.15, -0.1) is 35.3 Å². The summed E-state index contributed by atoms with van der Waals surface area (Å²) in [4.78, 5) is 51.8. The van der Waals surface area contributed by atoms with Gasteiger partial charge in [0.2, 0.25) is 5.91 Å². The minimum Gasteiger partial charge on any atom is -0.480 e. The molecule has 5 rings (SSSR count). The Balaban J connectivity index is 1.17. The number of nitrogens with one attached hydrogen (secondary N) is 2. The van der Waals surface area contributed by atoms with Crippen molar-refractivity contribution < 1.29 is 34.0 Å². The number of fused-ring (bicyclic) bond motifs is 1. The molecule has 3 aliphatic heterocycles. The Kier molecular flexibility index (Phi) is 9.41. The third-order valence-corrected chi connectivity index (χ3v) is 11.1. The largest absolute Gasteiger partial charge is 0.480 e. The molecule has 3 aliphatic rings. The molecule has 10 nitrogen and oxygen atoms in total. The van der Waals surface area contributed by atoms with Gasteiger partial charge < -0.3 is 15.5 Å². The topological polar surface area (TPSA) is 140 Å². The smallest absolute Gasteiger partial charge is 0.352 e. The van der Waals surface area contributed by atoms with Crippen molar-refractivity contribution in [3.05, 3.63) is 64.0 Å². The van der Waals surface area contributed by atoms with Crippen LogP contribution in [0.1, 0.15) is 12.5 Å². The van der Waals surface area contributed by atoms with Crippen molar-refractivity contribution >= 4 is 82.2 Å². The zero-order valence-electron chi connectivity index (χ0n) is 21.3. The molecule has 0 aliphatic carbocycles. The molecule has 41 heavy (non-hydrogen) atoms. The van der Waals surface area contributed by atoms with Crippen LogP contribution < -0.4 is 15.2 Å². The highest BCUT2D eigenvalue weighted by Crippen LogP contribution is 2.41. The SMILES string of the molecule is O=C(CSc1cc(Cl)ccc1Cl)N[C@@H]1C(=O)N2C(C(=O)O)=C(CSc3cc[n+]([C@@H]4CN[C@H](C(=O)O)C4)cc3)CS[C@H]12. The summed E-state index contributed by atoms with van der Waals surface area (Å²) in [5.74, 6) is -2.02. The number of rotatable bonds is 10. The van der Waals surface area contributed by atoms with Gasteiger partial charge in [0.25, 0.3) is 5.91 Å². The lowest BCUT2D eigenvalue weighted by Crippen LogP contribution is -2.70. The second kappa shape index (κ2) is 12.8. The molecule has 0 spiro atoms. The molecule has 2 saturated heterocycles. The lowest BCUT2D eigenvalue weighted by atomic mass is 10.0.